The number of fused-ring (bicyclic) bond motifs is 9. The maximum absolute atomic E-state index is 12.7. The molecule has 55 heavy (non-hydrogen) atoms. The summed E-state index contributed by atoms with van der Waals surface area (Å²) < 4.78 is 12.5. The van der Waals surface area contributed by atoms with E-state index in [-0.39, 0.29) is 74.3 Å². The Labute approximate surface area is 324 Å². The molecule has 13 atom stereocenters. The predicted molar refractivity (Wildman–Crippen MR) is 206 cm³/mol. The van der Waals surface area contributed by atoms with Crippen molar-refractivity contribution >= 4 is 11.9 Å². The van der Waals surface area contributed by atoms with Crippen LogP contribution in [0.3, 0.4) is 0 Å². The van der Waals surface area contributed by atoms with Gasteiger partial charge in [0.25, 0.3) is 0 Å². The summed E-state index contributed by atoms with van der Waals surface area (Å²) >= 11 is 0. The van der Waals surface area contributed by atoms with Crippen molar-refractivity contribution in [2.45, 2.75) is 114 Å². The molecular formula is C41H62N6O8. The number of carbonyl (C=O) groups is 1. The average Bonchev–Trinajstić information content (AvgIpc) is 3.16. The quantitative estimate of drug-likeness (QED) is 0.158. The topological polar surface area (TPSA) is 206 Å². The van der Waals surface area contributed by atoms with E-state index in [1.165, 1.54) is 6.92 Å². The maximum atomic E-state index is 12.7. The summed E-state index contributed by atoms with van der Waals surface area (Å²) in [4.78, 5) is 21.9. The number of esters is 1. The van der Waals surface area contributed by atoms with Crippen LogP contribution in [-0.4, -0.2) is 136 Å². The Balaban J connectivity index is 1.32. The fraction of sp³-hybridized carbons (Fsp3) is 0.756. The van der Waals surface area contributed by atoms with E-state index in [2.05, 4.69) is 37.3 Å². The van der Waals surface area contributed by atoms with Crippen molar-refractivity contribution < 1.29 is 39.8 Å². The van der Waals surface area contributed by atoms with Crippen LogP contribution in [0.25, 0.3) is 0 Å². The van der Waals surface area contributed by atoms with Crippen molar-refractivity contribution in [2.75, 3.05) is 52.5 Å². The number of hydrogen-bond acceptors (Lipinski definition) is 14. The van der Waals surface area contributed by atoms with E-state index in [0.717, 1.165) is 63.8 Å². The SMILES string of the molecule is CC(=O)O[C@H]1C[C@@H](O)CC[C@@]2(C#C[C@H]3CCC[C@H]4C[C@H](CCN4)Oc4cc(c(CO)cc4O)C[C@@H]13)CNC(N)=NCN1C[C@@H]3C[C@H](C1)[C@@H](CO)N(C3)C[C@@H]2O. The van der Waals surface area contributed by atoms with Crippen LogP contribution in [0, 0.1) is 40.9 Å². The number of nitrogens with zero attached hydrogens (tertiary/aromatic N) is 3. The number of nitrogens with two attached hydrogens (primary N) is 1. The van der Waals surface area contributed by atoms with Crippen molar-refractivity contribution in [3.63, 3.8) is 0 Å². The molecule has 0 saturated carbocycles. The number of phenols is 1. The Hall–Kier alpha value is -3.16. The first-order chi connectivity index (χ1) is 26.5. The Morgan fingerprint density at radius 1 is 1.11 bits per heavy atom. The molecule has 1 aromatic carbocycles. The second-order valence-corrected chi connectivity index (χ2v) is 17.2. The number of aromatic hydroxyl groups is 1. The smallest absolute Gasteiger partial charge is 0.302 e. The third-order valence-electron chi connectivity index (χ3n) is 13.4. The molecule has 3 fully saturated rings. The number of aliphatic hydroxyl groups is 4. The highest BCUT2D eigenvalue weighted by molar-refractivity contribution is 5.77. The van der Waals surface area contributed by atoms with Gasteiger partial charge in [0.2, 0.25) is 0 Å². The zero-order valence-corrected chi connectivity index (χ0v) is 32.2. The first-order valence-electron chi connectivity index (χ1n) is 20.5. The van der Waals surface area contributed by atoms with Crippen molar-refractivity contribution in [2.24, 2.45) is 39.8 Å². The van der Waals surface area contributed by atoms with E-state index in [1.807, 2.05) is 0 Å². The van der Waals surface area contributed by atoms with Gasteiger partial charge in [-0.1, -0.05) is 18.3 Å². The summed E-state index contributed by atoms with van der Waals surface area (Å²) in [5.41, 5.74) is 6.74. The molecule has 2 unspecified atom stereocenters. The highest BCUT2D eigenvalue weighted by atomic mass is 16.5. The molecule has 14 nitrogen and oxygen atoms in total. The van der Waals surface area contributed by atoms with Crippen LogP contribution in [0.4, 0.5) is 0 Å². The lowest BCUT2D eigenvalue weighted by molar-refractivity contribution is -0.152. The van der Waals surface area contributed by atoms with E-state index < -0.39 is 35.6 Å². The normalized spacial score (nSPS) is 39.6. The van der Waals surface area contributed by atoms with Gasteiger partial charge in [0.05, 0.1) is 37.5 Å². The molecule has 14 heteroatoms. The second kappa shape index (κ2) is 17.5. The lowest BCUT2D eigenvalue weighted by Gasteiger charge is -2.51. The molecule has 1 aliphatic carbocycles. The summed E-state index contributed by atoms with van der Waals surface area (Å²) in [5, 5.41) is 63.3. The molecule has 0 amide bonds. The van der Waals surface area contributed by atoms with Gasteiger partial charge in [-0.15, -0.1) is 0 Å². The van der Waals surface area contributed by atoms with Gasteiger partial charge in [0.1, 0.15) is 12.2 Å². The Morgan fingerprint density at radius 3 is 2.76 bits per heavy atom. The minimum atomic E-state index is -1.04. The number of hydrogen-bond donors (Lipinski definition) is 8. The van der Waals surface area contributed by atoms with E-state index in [9.17, 15) is 30.3 Å². The number of carbonyl (C=O) groups excluding carboxylic acids is 1. The number of guanidine groups is 1. The monoisotopic (exact) mass is 766 g/mol. The number of rotatable bonds is 3. The van der Waals surface area contributed by atoms with Crippen LogP contribution < -0.4 is 21.1 Å². The van der Waals surface area contributed by atoms with Crippen LogP contribution in [0.1, 0.15) is 75.8 Å². The standard InChI is InChI=1S/C41H62N6O8/c1-25(50)54-37-16-32(51)6-9-41(23-44-40(42)45-24-46-17-26-11-29(19-46)35(22-49)47(18-26)20-39(41)53)8-5-27-3-2-4-31-15-33(7-10-43-31)55-38-14-28(12-34(27)37)30(21-48)13-36(38)52/h13-14,26-27,29,31-35,37,39,43,48-49,51-53H,2-4,6-7,9-12,15-24H2,1H3,(H3,42,44,45)/t26-,27+,29+,31-,32-,33-,34+,35+,37-,39-,41-/m0/s1. The van der Waals surface area contributed by atoms with Crippen LogP contribution in [0.5, 0.6) is 11.5 Å². The molecule has 1 spiro atoms. The third-order valence-corrected chi connectivity index (χ3v) is 13.4. The number of benzene rings is 1. The Bertz CT molecular complexity index is 1600. The summed E-state index contributed by atoms with van der Waals surface area (Å²) in [7, 11) is 0. The highest BCUT2D eigenvalue weighted by Crippen LogP contribution is 2.40. The number of phenolic OH excluding ortho intramolecular Hbond substituents is 1. The second-order valence-electron chi connectivity index (χ2n) is 17.2. The zero-order chi connectivity index (χ0) is 38.7. The molecule has 0 aromatic heterocycles. The zero-order valence-electron chi connectivity index (χ0n) is 32.2. The number of aliphatic imine (C=N–C) groups is 1. The molecule has 3 saturated heterocycles. The van der Waals surface area contributed by atoms with Crippen LogP contribution in [0.15, 0.2) is 17.1 Å². The molecule has 9 N–H and O–H groups in total. The van der Waals surface area contributed by atoms with E-state index in [0.29, 0.717) is 49.7 Å². The third kappa shape index (κ3) is 9.36. The van der Waals surface area contributed by atoms with E-state index >= 15 is 0 Å². The summed E-state index contributed by atoms with van der Waals surface area (Å²) in [6, 6.07) is 3.47. The molecule has 1 aromatic rings. The van der Waals surface area contributed by atoms with Gasteiger partial charge in [0, 0.05) is 70.0 Å². The maximum Gasteiger partial charge on any atom is 0.302 e. The number of aliphatic hydroxyl groups excluding tert-OH is 4. The van der Waals surface area contributed by atoms with Crippen molar-refractivity contribution in [3.05, 3.63) is 23.3 Å². The van der Waals surface area contributed by atoms with Crippen molar-refractivity contribution in [1.29, 1.82) is 0 Å². The Morgan fingerprint density at radius 2 is 1.96 bits per heavy atom. The molecule has 0 radical (unpaired) electrons. The summed E-state index contributed by atoms with van der Waals surface area (Å²) in [6.07, 6.45) is 3.56. The van der Waals surface area contributed by atoms with Crippen LogP contribution in [-0.2, 0) is 22.6 Å². The van der Waals surface area contributed by atoms with Gasteiger partial charge in [-0.25, -0.2) is 4.99 Å². The number of ether oxygens (including phenoxy) is 2. The van der Waals surface area contributed by atoms with Gasteiger partial charge in [0.15, 0.2) is 17.5 Å². The highest BCUT2D eigenvalue weighted by Gasteiger charge is 2.46. The fourth-order valence-electron chi connectivity index (χ4n) is 10.4. The van der Waals surface area contributed by atoms with Crippen LogP contribution in [0.2, 0.25) is 0 Å². The molecule has 6 heterocycles. The lowest BCUT2D eigenvalue weighted by atomic mass is 9.72. The molecule has 8 rings (SSSR count). The number of nitrogens with one attached hydrogen (secondary N) is 2. The molecule has 304 valence electrons. The molecule has 7 aliphatic rings. The molecule has 6 aliphatic heterocycles. The van der Waals surface area contributed by atoms with Gasteiger partial charge < -0.3 is 51.4 Å². The minimum absolute atomic E-state index is 0.00325. The lowest BCUT2D eigenvalue weighted by Crippen LogP contribution is -2.61. The minimum Gasteiger partial charge on any atom is -0.504 e. The van der Waals surface area contributed by atoms with Gasteiger partial charge in [-0.3, -0.25) is 14.6 Å². The van der Waals surface area contributed by atoms with Crippen molar-refractivity contribution in [1.82, 2.24) is 20.4 Å². The van der Waals surface area contributed by atoms with E-state index in [1.54, 1.807) is 12.1 Å². The largest absolute Gasteiger partial charge is 0.504 e. The van der Waals surface area contributed by atoms with E-state index in [4.69, 9.17) is 15.2 Å². The first-order valence-corrected chi connectivity index (χ1v) is 20.5. The Kier molecular flexibility index (Phi) is 12.8. The number of piperidine rings is 3. The summed E-state index contributed by atoms with van der Waals surface area (Å²) in [5.74, 6) is 7.34. The molecular weight excluding hydrogens is 704 g/mol. The first kappa shape index (κ1) is 40.1. The predicted octanol–water partition coefficient (Wildman–Crippen LogP) is 0.660. The van der Waals surface area contributed by atoms with Crippen molar-refractivity contribution in [3.8, 4) is 23.3 Å². The van der Waals surface area contributed by atoms with Gasteiger partial charge in [-0.05, 0) is 93.0 Å². The average molecular weight is 767 g/mol. The van der Waals surface area contributed by atoms with Gasteiger partial charge >= 0.3 is 5.97 Å². The summed E-state index contributed by atoms with van der Waals surface area (Å²) in [6.45, 7) is 5.27. The molecule has 8 bridgehead atoms. The van der Waals surface area contributed by atoms with Crippen LogP contribution >= 0.6 is 0 Å². The van der Waals surface area contributed by atoms with Gasteiger partial charge in [-0.2, -0.15) is 0 Å². The fourth-order valence-corrected chi connectivity index (χ4v) is 10.4.